The van der Waals surface area contributed by atoms with Crippen LogP contribution in [0.2, 0.25) is 0 Å². The van der Waals surface area contributed by atoms with Crippen molar-refractivity contribution >= 4 is 28.4 Å². The van der Waals surface area contributed by atoms with Crippen molar-refractivity contribution in [1.29, 1.82) is 5.26 Å². The van der Waals surface area contributed by atoms with E-state index in [0.29, 0.717) is 11.4 Å². The van der Waals surface area contributed by atoms with Crippen LogP contribution in [0.1, 0.15) is 11.3 Å². The molecule has 0 saturated heterocycles. The lowest BCUT2D eigenvalue weighted by atomic mass is 10.0. The summed E-state index contributed by atoms with van der Waals surface area (Å²) in [5, 5.41) is 14.2. The van der Waals surface area contributed by atoms with Crippen molar-refractivity contribution < 1.29 is 4.79 Å². The molecule has 0 radical (unpaired) electrons. The molecule has 0 fully saturated rings. The Labute approximate surface area is 179 Å². The highest BCUT2D eigenvalue weighted by atomic mass is 16.2. The minimum Gasteiger partial charge on any atom is -0.315 e. The van der Waals surface area contributed by atoms with E-state index < -0.39 is 5.91 Å². The molecule has 0 aliphatic heterocycles. The molecule has 1 aromatic heterocycles. The SMILES string of the molecule is Cc1c(NC(=O)/C(C#N)=C\c2cccc3ccccc23)c(=O)n(-c2ccccc2)n1C. The first kappa shape index (κ1) is 19.9. The van der Waals surface area contributed by atoms with Gasteiger partial charge in [-0.2, -0.15) is 5.26 Å². The van der Waals surface area contributed by atoms with Gasteiger partial charge in [0.2, 0.25) is 0 Å². The van der Waals surface area contributed by atoms with Crippen molar-refractivity contribution in [3.8, 4) is 11.8 Å². The maximum absolute atomic E-state index is 13.0. The van der Waals surface area contributed by atoms with E-state index in [1.165, 1.54) is 4.68 Å². The van der Waals surface area contributed by atoms with E-state index in [4.69, 9.17) is 0 Å². The largest absolute Gasteiger partial charge is 0.315 e. The minimum absolute atomic E-state index is 0.0785. The number of hydrogen-bond acceptors (Lipinski definition) is 3. The van der Waals surface area contributed by atoms with Gasteiger partial charge < -0.3 is 5.32 Å². The predicted molar refractivity (Wildman–Crippen MR) is 122 cm³/mol. The Kier molecular flexibility index (Phi) is 5.25. The average Bonchev–Trinajstić information content (AvgIpc) is 3.01. The first-order chi connectivity index (χ1) is 15.0. The molecule has 0 aliphatic carbocycles. The third-order valence-electron chi connectivity index (χ3n) is 5.28. The number of amides is 1. The van der Waals surface area contributed by atoms with E-state index in [1.54, 1.807) is 24.7 Å². The number of anilines is 1. The number of carbonyl (C=O) groups is 1. The zero-order valence-corrected chi connectivity index (χ0v) is 17.2. The van der Waals surface area contributed by atoms with Crippen LogP contribution >= 0.6 is 0 Å². The Balaban J connectivity index is 1.72. The lowest BCUT2D eigenvalue weighted by Gasteiger charge is -2.07. The lowest BCUT2D eigenvalue weighted by Crippen LogP contribution is -2.23. The Morgan fingerprint density at radius 1 is 1.00 bits per heavy atom. The molecule has 4 rings (SSSR count). The Hall–Kier alpha value is -4.37. The summed E-state index contributed by atoms with van der Waals surface area (Å²) in [6.45, 7) is 1.75. The molecule has 152 valence electrons. The van der Waals surface area contributed by atoms with Crippen molar-refractivity contribution in [2.75, 3.05) is 5.32 Å². The van der Waals surface area contributed by atoms with Crippen LogP contribution in [0, 0.1) is 18.3 Å². The molecular weight excluding hydrogens is 388 g/mol. The maximum Gasteiger partial charge on any atom is 0.295 e. The fourth-order valence-corrected chi connectivity index (χ4v) is 3.57. The molecule has 6 heteroatoms. The number of rotatable bonds is 4. The molecule has 6 nitrogen and oxygen atoms in total. The van der Waals surface area contributed by atoms with Gasteiger partial charge in [0.05, 0.1) is 11.4 Å². The average molecular weight is 408 g/mol. The van der Waals surface area contributed by atoms with E-state index in [9.17, 15) is 14.9 Å². The summed E-state index contributed by atoms with van der Waals surface area (Å²) in [4.78, 5) is 25.9. The van der Waals surface area contributed by atoms with Gasteiger partial charge >= 0.3 is 0 Å². The molecule has 31 heavy (non-hydrogen) atoms. The standard InChI is InChI=1S/C25H20N4O2/c1-17-23(25(31)29(28(17)2)21-12-4-3-5-13-21)27-24(30)20(16-26)15-19-11-8-10-18-9-6-7-14-22(18)19/h3-15H,1-2H3,(H,27,30)/b20-15-. The summed E-state index contributed by atoms with van der Waals surface area (Å²) >= 11 is 0. The van der Waals surface area contributed by atoms with E-state index in [1.807, 2.05) is 78.9 Å². The highest BCUT2D eigenvalue weighted by molar-refractivity contribution is 6.11. The molecule has 0 atom stereocenters. The van der Waals surface area contributed by atoms with E-state index in [2.05, 4.69) is 5.32 Å². The number of para-hydroxylation sites is 1. The van der Waals surface area contributed by atoms with Gasteiger partial charge in [0.15, 0.2) is 0 Å². The van der Waals surface area contributed by atoms with Crippen molar-refractivity contribution in [3.05, 3.63) is 100.0 Å². The summed E-state index contributed by atoms with van der Waals surface area (Å²) in [6, 6.07) is 24.6. The van der Waals surface area contributed by atoms with Gasteiger partial charge in [0, 0.05) is 7.05 Å². The van der Waals surface area contributed by atoms with E-state index in [-0.39, 0.29) is 16.8 Å². The second-order valence-corrected chi connectivity index (χ2v) is 7.13. The molecule has 0 spiro atoms. The molecular formula is C25H20N4O2. The first-order valence-electron chi connectivity index (χ1n) is 9.76. The zero-order valence-electron chi connectivity index (χ0n) is 17.2. The van der Waals surface area contributed by atoms with Crippen molar-refractivity contribution in [2.45, 2.75) is 6.92 Å². The quantitative estimate of drug-likeness (QED) is 0.406. The Morgan fingerprint density at radius 3 is 2.42 bits per heavy atom. The number of hydrogen-bond donors (Lipinski definition) is 1. The van der Waals surface area contributed by atoms with Gasteiger partial charge in [0.25, 0.3) is 11.5 Å². The zero-order chi connectivity index (χ0) is 22.0. The molecule has 1 amide bonds. The van der Waals surface area contributed by atoms with E-state index in [0.717, 1.165) is 16.3 Å². The molecule has 0 saturated carbocycles. The van der Waals surface area contributed by atoms with Gasteiger partial charge in [0.1, 0.15) is 17.3 Å². The van der Waals surface area contributed by atoms with Gasteiger partial charge in [-0.25, -0.2) is 4.68 Å². The summed E-state index contributed by atoms with van der Waals surface area (Å²) in [5.74, 6) is -0.624. The van der Waals surface area contributed by atoms with Crippen LogP contribution in [0.4, 0.5) is 5.69 Å². The number of nitrogens with one attached hydrogen (secondary N) is 1. The molecule has 0 aliphatic rings. The van der Waals surface area contributed by atoms with Gasteiger partial charge in [-0.1, -0.05) is 60.7 Å². The number of nitrogens with zero attached hydrogens (tertiary/aromatic N) is 3. The Bertz CT molecular complexity index is 1410. The summed E-state index contributed by atoms with van der Waals surface area (Å²) in [7, 11) is 1.75. The Morgan fingerprint density at radius 2 is 1.68 bits per heavy atom. The highest BCUT2D eigenvalue weighted by Gasteiger charge is 2.20. The van der Waals surface area contributed by atoms with Gasteiger partial charge in [-0.05, 0) is 41.5 Å². The third-order valence-corrected chi connectivity index (χ3v) is 5.28. The highest BCUT2D eigenvalue weighted by Crippen LogP contribution is 2.21. The fourth-order valence-electron chi connectivity index (χ4n) is 3.57. The van der Waals surface area contributed by atoms with Crippen LogP contribution in [0.5, 0.6) is 0 Å². The number of benzene rings is 3. The van der Waals surface area contributed by atoms with Crippen LogP contribution < -0.4 is 10.9 Å². The van der Waals surface area contributed by atoms with Crippen molar-refractivity contribution in [2.24, 2.45) is 7.05 Å². The lowest BCUT2D eigenvalue weighted by molar-refractivity contribution is -0.112. The third kappa shape index (κ3) is 3.65. The van der Waals surface area contributed by atoms with Crippen molar-refractivity contribution in [1.82, 2.24) is 9.36 Å². The molecule has 4 aromatic rings. The molecule has 0 unspecified atom stereocenters. The molecule has 0 bridgehead atoms. The summed E-state index contributed by atoms with van der Waals surface area (Å²) in [5.41, 5.74) is 1.74. The molecule has 3 aromatic carbocycles. The maximum atomic E-state index is 13.0. The minimum atomic E-state index is -0.624. The normalized spacial score (nSPS) is 11.3. The number of aromatic nitrogens is 2. The van der Waals surface area contributed by atoms with E-state index >= 15 is 0 Å². The topological polar surface area (TPSA) is 79.8 Å². The molecule has 1 heterocycles. The smallest absolute Gasteiger partial charge is 0.295 e. The fraction of sp³-hybridized carbons (Fsp3) is 0.0800. The van der Waals surface area contributed by atoms with Crippen LogP contribution in [-0.4, -0.2) is 15.3 Å². The van der Waals surface area contributed by atoms with Crippen LogP contribution in [-0.2, 0) is 11.8 Å². The monoisotopic (exact) mass is 408 g/mol. The number of fused-ring (bicyclic) bond motifs is 1. The summed E-state index contributed by atoms with van der Waals surface area (Å²) in [6.07, 6.45) is 1.55. The van der Waals surface area contributed by atoms with Gasteiger partial charge in [-0.15, -0.1) is 0 Å². The van der Waals surface area contributed by atoms with Gasteiger partial charge in [-0.3, -0.25) is 14.3 Å². The van der Waals surface area contributed by atoms with Crippen molar-refractivity contribution in [3.63, 3.8) is 0 Å². The summed E-state index contributed by atoms with van der Waals surface area (Å²) < 4.78 is 3.15. The number of carbonyl (C=O) groups excluding carboxylic acids is 1. The second-order valence-electron chi connectivity index (χ2n) is 7.13. The molecule has 1 N–H and O–H groups in total. The van der Waals surface area contributed by atoms with Crippen LogP contribution in [0.3, 0.4) is 0 Å². The predicted octanol–water partition coefficient (Wildman–Crippen LogP) is 4.18. The van der Waals surface area contributed by atoms with Crippen LogP contribution in [0.15, 0.2) is 83.2 Å². The first-order valence-corrected chi connectivity index (χ1v) is 9.76. The second kappa shape index (κ2) is 8.17. The van der Waals surface area contributed by atoms with Crippen LogP contribution in [0.25, 0.3) is 22.5 Å². The number of nitriles is 1.